The number of thioether (sulfide) groups is 1. The normalized spacial score (nSPS) is 15.5. The fraction of sp³-hybridized carbons (Fsp3) is 0.381. The smallest absolute Gasteiger partial charge is 0.266 e. The number of nitrogens with one attached hydrogen (secondary N) is 1. The van der Waals surface area contributed by atoms with Gasteiger partial charge in [-0.3, -0.25) is 14.5 Å². The van der Waals surface area contributed by atoms with Gasteiger partial charge in [0.1, 0.15) is 10.9 Å². The van der Waals surface area contributed by atoms with Crippen molar-refractivity contribution in [3.05, 3.63) is 39.3 Å². The number of carbonyl (C=O) groups is 2. The maximum Gasteiger partial charge on any atom is 0.266 e. The van der Waals surface area contributed by atoms with E-state index in [9.17, 15) is 9.59 Å². The summed E-state index contributed by atoms with van der Waals surface area (Å²) >= 11 is 10.2. The SMILES string of the molecule is COCCCNC(=O)Cn1cc(/C=C2\SC(=S)N(CCOC)C2=O)c2cc(Br)ccc21. The third-order valence-corrected chi connectivity index (χ3v) is 6.59. The van der Waals surface area contributed by atoms with Crippen LogP contribution in [0.3, 0.4) is 0 Å². The first-order chi connectivity index (χ1) is 14.9. The zero-order valence-corrected chi connectivity index (χ0v) is 20.6. The number of halogens is 1. The van der Waals surface area contributed by atoms with Gasteiger partial charge in [0.25, 0.3) is 5.91 Å². The Morgan fingerprint density at radius 2 is 2.06 bits per heavy atom. The molecule has 0 unspecified atom stereocenters. The van der Waals surface area contributed by atoms with Crippen LogP contribution in [0.4, 0.5) is 0 Å². The van der Waals surface area contributed by atoms with Gasteiger partial charge in [-0.2, -0.15) is 0 Å². The van der Waals surface area contributed by atoms with Gasteiger partial charge in [-0.1, -0.05) is 39.9 Å². The third kappa shape index (κ3) is 5.95. The predicted octanol–water partition coefficient (Wildman–Crippen LogP) is 3.40. The molecule has 7 nitrogen and oxygen atoms in total. The Balaban J connectivity index is 1.85. The Morgan fingerprint density at radius 3 is 2.81 bits per heavy atom. The summed E-state index contributed by atoms with van der Waals surface area (Å²) in [5, 5.41) is 3.85. The minimum Gasteiger partial charge on any atom is -0.385 e. The van der Waals surface area contributed by atoms with Gasteiger partial charge in [0, 0.05) is 54.5 Å². The van der Waals surface area contributed by atoms with Gasteiger partial charge in [0.05, 0.1) is 18.1 Å². The highest BCUT2D eigenvalue weighted by Gasteiger charge is 2.31. The van der Waals surface area contributed by atoms with Gasteiger partial charge in [0.2, 0.25) is 5.91 Å². The molecule has 2 amide bonds. The third-order valence-electron chi connectivity index (χ3n) is 4.71. The monoisotopic (exact) mass is 525 g/mol. The average molecular weight is 526 g/mol. The molecule has 0 spiro atoms. The molecule has 0 aliphatic carbocycles. The van der Waals surface area contributed by atoms with E-state index in [2.05, 4.69) is 21.2 Å². The van der Waals surface area contributed by atoms with Crippen LogP contribution in [0.25, 0.3) is 17.0 Å². The summed E-state index contributed by atoms with van der Waals surface area (Å²) in [4.78, 5) is 27.3. The Labute approximate surface area is 199 Å². The molecule has 0 bridgehead atoms. The standard InChI is InChI=1S/C21H24BrN3O4S2/c1-28-8-3-6-23-19(26)13-24-12-14(16-11-15(22)4-5-17(16)24)10-18-20(27)25(7-9-29-2)21(30)31-18/h4-5,10-12H,3,6-9,13H2,1-2H3,(H,23,26)/b18-10-. The van der Waals surface area contributed by atoms with Crippen molar-refractivity contribution in [1.29, 1.82) is 0 Å². The summed E-state index contributed by atoms with van der Waals surface area (Å²) in [7, 11) is 3.23. The highest BCUT2D eigenvalue weighted by molar-refractivity contribution is 9.10. The molecule has 2 heterocycles. The maximum absolute atomic E-state index is 12.8. The van der Waals surface area contributed by atoms with Crippen molar-refractivity contribution < 1.29 is 19.1 Å². The molecule has 3 rings (SSSR count). The van der Waals surface area contributed by atoms with Gasteiger partial charge < -0.3 is 19.4 Å². The van der Waals surface area contributed by atoms with Crippen LogP contribution in [-0.4, -0.2) is 66.1 Å². The molecule has 2 aromatic rings. The maximum atomic E-state index is 12.8. The summed E-state index contributed by atoms with van der Waals surface area (Å²) in [6, 6.07) is 5.88. The van der Waals surface area contributed by atoms with Crippen LogP contribution in [0.1, 0.15) is 12.0 Å². The lowest BCUT2D eigenvalue weighted by Crippen LogP contribution is -2.31. The van der Waals surface area contributed by atoms with Crippen molar-refractivity contribution in [1.82, 2.24) is 14.8 Å². The quantitative estimate of drug-likeness (QED) is 0.291. The van der Waals surface area contributed by atoms with Crippen LogP contribution in [0.5, 0.6) is 0 Å². The number of thiocarbonyl (C=S) groups is 1. The molecule has 1 aromatic heterocycles. The van der Waals surface area contributed by atoms with Crippen molar-refractivity contribution in [2.75, 3.05) is 40.5 Å². The lowest BCUT2D eigenvalue weighted by Gasteiger charge is -2.12. The number of hydrogen-bond donors (Lipinski definition) is 1. The summed E-state index contributed by atoms with van der Waals surface area (Å²) in [5.41, 5.74) is 1.77. The fourth-order valence-corrected chi connectivity index (χ4v) is 4.87. The first-order valence-electron chi connectivity index (χ1n) is 9.73. The number of benzene rings is 1. The molecule has 166 valence electrons. The first kappa shape index (κ1) is 23.9. The predicted molar refractivity (Wildman–Crippen MR) is 131 cm³/mol. The first-order valence-corrected chi connectivity index (χ1v) is 11.7. The van der Waals surface area contributed by atoms with Crippen LogP contribution in [0.2, 0.25) is 0 Å². The van der Waals surface area contributed by atoms with E-state index in [1.165, 1.54) is 11.8 Å². The second-order valence-electron chi connectivity index (χ2n) is 6.90. The van der Waals surface area contributed by atoms with Gasteiger partial charge in [-0.05, 0) is 30.7 Å². The van der Waals surface area contributed by atoms with E-state index in [0.29, 0.717) is 35.5 Å². The molecule has 1 aliphatic heterocycles. The van der Waals surface area contributed by atoms with Crippen LogP contribution < -0.4 is 5.32 Å². The van der Waals surface area contributed by atoms with Crippen molar-refractivity contribution in [3.63, 3.8) is 0 Å². The molecular weight excluding hydrogens is 502 g/mol. The minimum atomic E-state index is -0.126. The number of nitrogens with zero attached hydrogens (tertiary/aromatic N) is 2. The van der Waals surface area contributed by atoms with E-state index in [1.54, 1.807) is 19.1 Å². The second-order valence-corrected chi connectivity index (χ2v) is 9.49. The number of aromatic nitrogens is 1. The zero-order chi connectivity index (χ0) is 22.4. The average Bonchev–Trinajstić information content (AvgIpc) is 3.20. The molecule has 1 N–H and O–H groups in total. The van der Waals surface area contributed by atoms with E-state index in [4.69, 9.17) is 21.7 Å². The van der Waals surface area contributed by atoms with Gasteiger partial charge in [-0.15, -0.1) is 0 Å². The molecule has 10 heteroatoms. The number of fused-ring (bicyclic) bond motifs is 1. The lowest BCUT2D eigenvalue weighted by molar-refractivity contribution is -0.123. The van der Waals surface area contributed by atoms with Gasteiger partial charge in [0.15, 0.2) is 0 Å². The van der Waals surface area contributed by atoms with Crippen LogP contribution >= 0.6 is 39.9 Å². The summed E-state index contributed by atoms with van der Waals surface area (Å²) < 4.78 is 13.4. The van der Waals surface area contributed by atoms with E-state index in [-0.39, 0.29) is 18.4 Å². The van der Waals surface area contributed by atoms with Crippen molar-refractivity contribution in [2.24, 2.45) is 0 Å². The summed E-state index contributed by atoms with van der Waals surface area (Å²) in [6.45, 7) is 2.20. The molecule has 1 saturated heterocycles. The number of carbonyl (C=O) groups excluding carboxylic acids is 2. The molecular formula is C21H24BrN3O4S2. The van der Waals surface area contributed by atoms with Crippen molar-refractivity contribution in [3.8, 4) is 0 Å². The van der Waals surface area contributed by atoms with Crippen LogP contribution in [0.15, 0.2) is 33.8 Å². The molecule has 0 saturated carbocycles. The Morgan fingerprint density at radius 1 is 1.29 bits per heavy atom. The Bertz CT molecular complexity index is 1020. The summed E-state index contributed by atoms with van der Waals surface area (Å²) in [6.07, 6.45) is 4.50. The molecule has 0 radical (unpaired) electrons. The topological polar surface area (TPSA) is 72.8 Å². The lowest BCUT2D eigenvalue weighted by atomic mass is 10.1. The number of ether oxygens (including phenoxy) is 2. The van der Waals surface area contributed by atoms with Gasteiger partial charge >= 0.3 is 0 Å². The van der Waals surface area contributed by atoms with Crippen molar-refractivity contribution in [2.45, 2.75) is 13.0 Å². The second kappa shape index (κ2) is 11.2. The van der Waals surface area contributed by atoms with E-state index in [1.807, 2.05) is 35.0 Å². The van der Waals surface area contributed by atoms with E-state index < -0.39 is 0 Å². The van der Waals surface area contributed by atoms with Gasteiger partial charge in [-0.25, -0.2) is 0 Å². The molecule has 1 fully saturated rings. The molecule has 1 aliphatic rings. The highest BCUT2D eigenvalue weighted by atomic mass is 79.9. The molecule has 31 heavy (non-hydrogen) atoms. The van der Waals surface area contributed by atoms with E-state index in [0.717, 1.165) is 27.4 Å². The fourth-order valence-electron chi connectivity index (χ4n) is 3.21. The number of methoxy groups -OCH3 is 2. The number of hydrogen-bond acceptors (Lipinski definition) is 6. The Kier molecular flexibility index (Phi) is 8.67. The van der Waals surface area contributed by atoms with Crippen LogP contribution in [0, 0.1) is 0 Å². The summed E-state index contributed by atoms with van der Waals surface area (Å²) in [5.74, 6) is -0.202. The minimum absolute atomic E-state index is 0.0756. The number of rotatable bonds is 10. The van der Waals surface area contributed by atoms with E-state index >= 15 is 0 Å². The van der Waals surface area contributed by atoms with Crippen molar-refractivity contribution >= 4 is 73.0 Å². The number of amides is 2. The van der Waals surface area contributed by atoms with Crippen LogP contribution in [-0.2, 0) is 25.6 Å². The molecule has 1 aromatic carbocycles. The largest absolute Gasteiger partial charge is 0.385 e. The molecule has 0 atom stereocenters. The Hall–Kier alpha value is -1.72. The zero-order valence-electron chi connectivity index (χ0n) is 17.4. The highest BCUT2D eigenvalue weighted by Crippen LogP contribution is 2.34.